The fraction of sp³-hybridized carbons (Fsp3) is 0.273. The van der Waals surface area contributed by atoms with E-state index in [0.717, 1.165) is 5.69 Å². The highest BCUT2D eigenvalue weighted by Gasteiger charge is 2.12. The van der Waals surface area contributed by atoms with Gasteiger partial charge in [-0.1, -0.05) is 11.3 Å². The molecule has 0 saturated carbocycles. The van der Waals surface area contributed by atoms with Gasteiger partial charge in [-0.15, -0.1) is 5.10 Å². The lowest BCUT2D eigenvalue weighted by Crippen LogP contribution is -2.12. The molecule has 7 nitrogen and oxygen atoms in total. The molecular weight excluding hydrogens is 234 g/mol. The van der Waals surface area contributed by atoms with Gasteiger partial charge in [-0.05, 0) is 13.0 Å². The third-order valence-electron chi connectivity index (χ3n) is 2.63. The molecule has 1 N–H and O–H groups in total. The average molecular weight is 247 g/mol. The molecule has 0 aliphatic rings. The molecule has 94 valence electrons. The second-order valence-corrected chi connectivity index (χ2v) is 3.80. The number of rotatable bonds is 5. The smallest absolute Gasteiger partial charge is 0.274 e. The molecule has 0 saturated heterocycles. The van der Waals surface area contributed by atoms with E-state index in [2.05, 4.69) is 15.6 Å². The first-order valence-corrected chi connectivity index (χ1v) is 5.50. The molecule has 2 aromatic rings. The van der Waals surface area contributed by atoms with Gasteiger partial charge in [0.1, 0.15) is 0 Å². The van der Waals surface area contributed by atoms with Crippen molar-refractivity contribution in [3.63, 3.8) is 0 Å². The number of aromatic nitrogens is 3. The molecule has 0 amide bonds. The number of nitrogens with one attached hydrogen (secondary N) is 1. The Morgan fingerprint density at radius 3 is 3.00 bits per heavy atom. The largest absolute Gasteiger partial charge is 0.383 e. The summed E-state index contributed by atoms with van der Waals surface area (Å²) in [5.41, 5.74) is 1.53. The van der Waals surface area contributed by atoms with Gasteiger partial charge in [-0.3, -0.25) is 14.8 Å². The normalized spacial score (nSPS) is 10.3. The lowest BCUT2D eigenvalue weighted by Gasteiger charge is -2.09. The van der Waals surface area contributed by atoms with Crippen molar-refractivity contribution in [2.45, 2.75) is 13.5 Å². The van der Waals surface area contributed by atoms with Crippen molar-refractivity contribution in [1.29, 1.82) is 0 Å². The van der Waals surface area contributed by atoms with Crippen molar-refractivity contribution >= 4 is 11.4 Å². The molecule has 0 fully saturated rings. The highest BCUT2D eigenvalue weighted by Crippen LogP contribution is 2.24. The fourth-order valence-electron chi connectivity index (χ4n) is 1.67. The van der Waals surface area contributed by atoms with E-state index >= 15 is 0 Å². The van der Waals surface area contributed by atoms with Crippen molar-refractivity contribution in [2.75, 3.05) is 11.9 Å². The number of benzene rings is 1. The molecule has 0 bridgehead atoms. The summed E-state index contributed by atoms with van der Waals surface area (Å²) in [5.74, 6) is 0. The molecule has 0 radical (unpaired) electrons. The summed E-state index contributed by atoms with van der Waals surface area (Å²) in [6, 6.07) is 4.99. The summed E-state index contributed by atoms with van der Waals surface area (Å²) < 4.78 is 1.69. The highest BCUT2D eigenvalue weighted by atomic mass is 16.6. The van der Waals surface area contributed by atoms with Crippen LogP contribution in [-0.2, 0) is 6.54 Å². The van der Waals surface area contributed by atoms with E-state index in [0.29, 0.717) is 18.7 Å². The quantitative estimate of drug-likeness (QED) is 0.640. The van der Waals surface area contributed by atoms with E-state index in [1.54, 1.807) is 30.1 Å². The highest BCUT2D eigenvalue weighted by molar-refractivity contribution is 5.59. The molecule has 0 aliphatic carbocycles. The first-order valence-electron chi connectivity index (χ1n) is 5.50. The maximum atomic E-state index is 10.8. The number of nitrogens with zero attached hydrogens (tertiary/aromatic N) is 4. The van der Waals surface area contributed by atoms with Crippen molar-refractivity contribution < 1.29 is 4.92 Å². The number of nitro groups is 1. The second-order valence-electron chi connectivity index (χ2n) is 3.80. The number of hydrogen-bond donors (Lipinski definition) is 1. The predicted octanol–water partition coefficient (Wildman–Crippen LogP) is 1.61. The Morgan fingerprint density at radius 2 is 2.33 bits per heavy atom. The summed E-state index contributed by atoms with van der Waals surface area (Å²) in [5, 5.41) is 21.5. The second kappa shape index (κ2) is 5.26. The molecule has 2 rings (SSSR count). The van der Waals surface area contributed by atoms with Gasteiger partial charge in [0.25, 0.3) is 5.69 Å². The molecule has 0 spiro atoms. The summed E-state index contributed by atoms with van der Waals surface area (Å²) in [7, 11) is 0. The van der Waals surface area contributed by atoms with Gasteiger partial charge in [0.2, 0.25) is 0 Å². The lowest BCUT2D eigenvalue weighted by atomic mass is 10.1. The summed E-state index contributed by atoms with van der Waals surface area (Å²) >= 11 is 0. The third kappa shape index (κ3) is 2.62. The van der Waals surface area contributed by atoms with Gasteiger partial charge < -0.3 is 5.32 Å². The molecule has 0 atom stereocenters. The maximum absolute atomic E-state index is 10.8. The molecule has 7 heteroatoms. The van der Waals surface area contributed by atoms with Crippen LogP contribution in [0.5, 0.6) is 0 Å². The Bertz CT molecular complexity index is 538. The first kappa shape index (κ1) is 12.0. The Hall–Kier alpha value is -2.44. The SMILES string of the molecule is Cc1c(NCCn2ccnn2)cccc1[N+](=O)[O-]. The monoisotopic (exact) mass is 247 g/mol. The molecule has 1 heterocycles. The molecule has 1 aromatic heterocycles. The zero-order chi connectivity index (χ0) is 13.0. The van der Waals surface area contributed by atoms with Gasteiger partial charge >= 0.3 is 0 Å². The predicted molar refractivity (Wildman–Crippen MR) is 66.3 cm³/mol. The Labute approximate surface area is 104 Å². The van der Waals surface area contributed by atoms with Gasteiger partial charge in [-0.2, -0.15) is 0 Å². The Kier molecular flexibility index (Phi) is 3.52. The van der Waals surface area contributed by atoms with E-state index in [-0.39, 0.29) is 10.6 Å². The molecule has 1 aromatic carbocycles. The maximum Gasteiger partial charge on any atom is 0.274 e. The van der Waals surface area contributed by atoms with E-state index in [1.165, 1.54) is 6.07 Å². The molecular formula is C11H13N5O2. The zero-order valence-electron chi connectivity index (χ0n) is 9.91. The standard InChI is InChI=1S/C11H13N5O2/c1-9-10(3-2-4-11(9)16(17)18)12-5-7-15-8-6-13-14-15/h2-4,6,8,12H,5,7H2,1H3. The zero-order valence-corrected chi connectivity index (χ0v) is 9.91. The minimum Gasteiger partial charge on any atom is -0.383 e. The minimum atomic E-state index is -0.377. The van der Waals surface area contributed by atoms with Gasteiger partial charge in [0, 0.05) is 30.1 Å². The van der Waals surface area contributed by atoms with Crippen LogP contribution in [0, 0.1) is 17.0 Å². The number of anilines is 1. The fourth-order valence-corrected chi connectivity index (χ4v) is 1.67. The average Bonchev–Trinajstić information content (AvgIpc) is 2.84. The van der Waals surface area contributed by atoms with Crippen LogP contribution in [0.4, 0.5) is 11.4 Å². The topological polar surface area (TPSA) is 85.9 Å². The van der Waals surface area contributed by atoms with Crippen LogP contribution >= 0.6 is 0 Å². The van der Waals surface area contributed by atoms with Crippen molar-refractivity contribution in [3.8, 4) is 0 Å². The number of hydrogen-bond acceptors (Lipinski definition) is 5. The van der Waals surface area contributed by atoms with Gasteiger partial charge in [0.05, 0.1) is 17.7 Å². The van der Waals surface area contributed by atoms with Crippen LogP contribution in [0.15, 0.2) is 30.6 Å². The van der Waals surface area contributed by atoms with E-state index in [9.17, 15) is 10.1 Å². The van der Waals surface area contributed by atoms with Crippen LogP contribution in [0.3, 0.4) is 0 Å². The summed E-state index contributed by atoms with van der Waals surface area (Å²) in [6.07, 6.45) is 3.38. The van der Waals surface area contributed by atoms with Crippen LogP contribution in [0.25, 0.3) is 0 Å². The Morgan fingerprint density at radius 1 is 1.50 bits per heavy atom. The van der Waals surface area contributed by atoms with Gasteiger partial charge in [-0.25, -0.2) is 0 Å². The van der Waals surface area contributed by atoms with Gasteiger partial charge in [0.15, 0.2) is 0 Å². The van der Waals surface area contributed by atoms with Crippen LogP contribution in [0.1, 0.15) is 5.56 Å². The molecule has 18 heavy (non-hydrogen) atoms. The lowest BCUT2D eigenvalue weighted by molar-refractivity contribution is -0.385. The third-order valence-corrected chi connectivity index (χ3v) is 2.63. The Balaban J connectivity index is 2.01. The van der Waals surface area contributed by atoms with E-state index in [1.807, 2.05) is 6.07 Å². The van der Waals surface area contributed by atoms with Crippen molar-refractivity contribution in [2.24, 2.45) is 0 Å². The van der Waals surface area contributed by atoms with Crippen LogP contribution < -0.4 is 5.32 Å². The summed E-state index contributed by atoms with van der Waals surface area (Å²) in [4.78, 5) is 10.4. The van der Waals surface area contributed by atoms with Crippen molar-refractivity contribution in [3.05, 3.63) is 46.3 Å². The number of nitro benzene ring substituents is 1. The van der Waals surface area contributed by atoms with E-state index < -0.39 is 0 Å². The van der Waals surface area contributed by atoms with Crippen LogP contribution in [-0.4, -0.2) is 26.5 Å². The molecule has 0 aliphatic heterocycles. The summed E-state index contributed by atoms with van der Waals surface area (Å²) in [6.45, 7) is 3.02. The first-order chi connectivity index (χ1) is 8.68. The van der Waals surface area contributed by atoms with E-state index in [4.69, 9.17) is 0 Å². The molecule has 0 unspecified atom stereocenters. The van der Waals surface area contributed by atoms with Crippen LogP contribution in [0.2, 0.25) is 0 Å². The minimum absolute atomic E-state index is 0.126. The van der Waals surface area contributed by atoms with Crippen molar-refractivity contribution in [1.82, 2.24) is 15.0 Å².